The first-order valence-corrected chi connectivity index (χ1v) is 12.7. The second kappa shape index (κ2) is 9.02. The summed E-state index contributed by atoms with van der Waals surface area (Å²) in [6.45, 7) is 3.67. The summed E-state index contributed by atoms with van der Waals surface area (Å²) in [6.07, 6.45) is 4.00. The molecule has 2 unspecified atom stereocenters. The van der Waals surface area contributed by atoms with Crippen molar-refractivity contribution in [3.63, 3.8) is 0 Å². The van der Waals surface area contributed by atoms with Crippen molar-refractivity contribution < 1.29 is 31.5 Å². The molecular formula is C24H23ClF3NO4S. The molecule has 2 saturated carbocycles. The van der Waals surface area contributed by atoms with E-state index in [0.717, 1.165) is 6.07 Å². The van der Waals surface area contributed by atoms with Crippen LogP contribution < -0.4 is 5.32 Å². The minimum atomic E-state index is -3.96. The lowest BCUT2D eigenvalue weighted by Crippen LogP contribution is -2.45. The molecule has 34 heavy (non-hydrogen) atoms. The average Bonchev–Trinajstić information content (AvgIpc) is 3.05. The number of hydrogen-bond acceptors (Lipinski definition) is 4. The lowest BCUT2D eigenvalue weighted by molar-refractivity contribution is -0.0161. The van der Waals surface area contributed by atoms with E-state index in [1.165, 1.54) is 12.1 Å². The molecule has 2 fully saturated rings. The Morgan fingerprint density at radius 2 is 1.74 bits per heavy atom. The van der Waals surface area contributed by atoms with Gasteiger partial charge in [0.25, 0.3) is 5.91 Å². The maximum Gasteiger partial charge on any atom is 0.255 e. The van der Waals surface area contributed by atoms with E-state index < -0.39 is 44.0 Å². The zero-order valence-electron chi connectivity index (χ0n) is 18.0. The number of anilines is 1. The molecule has 0 radical (unpaired) electrons. The highest BCUT2D eigenvalue weighted by molar-refractivity contribution is 7.92. The molecule has 2 aliphatic rings. The van der Waals surface area contributed by atoms with Crippen LogP contribution in [-0.4, -0.2) is 30.3 Å². The van der Waals surface area contributed by atoms with Crippen LogP contribution in [0.1, 0.15) is 42.5 Å². The van der Waals surface area contributed by atoms with Crippen molar-refractivity contribution >= 4 is 33.0 Å². The second-order valence-corrected chi connectivity index (χ2v) is 11.6. The van der Waals surface area contributed by atoms with Gasteiger partial charge in [-0.1, -0.05) is 17.7 Å². The Bertz CT molecular complexity index is 1230. The second-order valence-electron chi connectivity index (χ2n) is 9.09. The number of amides is 1. The van der Waals surface area contributed by atoms with E-state index in [1.54, 1.807) is 6.08 Å². The predicted molar refractivity (Wildman–Crippen MR) is 122 cm³/mol. The number of nitrogens with one attached hydrogen (secondary N) is 1. The van der Waals surface area contributed by atoms with Crippen LogP contribution in [0.3, 0.4) is 0 Å². The molecule has 2 atom stereocenters. The number of rotatable bonds is 6. The van der Waals surface area contributed by atoms with Crippen LogP contribution in [0, 0.1) is 29.3 Å². The van der Waals surface area contributed by atoms with Gasteiger partial charge in [0.05, 0.1) is 20.8 Å². The predicted octanol–water partition coefficient (Wildman–Crippen LogP) is 5.28. The maximum atomic E-state index is 13.6. The molecule has 0 aliphatic heterocycles. The van der Waals surface area contributed by atoms with Gasteiger partial charge in [0, 0.05) is 23.4 Å². The molecular weight excluding hydrogens is 491 g/mol. The van der Waals surface area contributed by atoms with E-state index in [9.17, 15) is 31.5 Å². The normalized spacial score (nSPS) is 26.3. The molecule has 2 aromatic carbocycles. The van der Waals surface area contributed by atoms with Gasteiger partial charge in [0.2, 0.25) is 0 Å². The van der Waals surface area contributed by atoms with E-state index in [2.05, 4.69) is 11.9 Å². The van der Waals surface area contributed by atoms with Crippen molar-refractivity contribution in [1.82, 2.24) is 0 Å². The highest BCUT2D eigenvalue weighted by Crippen LogP contribution is 2.52. The Kier molecular flexibility index (Phi) is 6.56. The van der Waals surface area contributed by atoms with Gasteiger partial charge in [-0.05, 0) is 62.1 Å². The van der Waals surface area contributed by atoms with E-state index in [1.807, 2.05) is 0 Å². The van der Waals surface area contributed by atoms with E-state index in [0.29, 0.717) is 44.2 Å². The number of carbonyl (C=O) groups excluding carboxylic acids is 1. The smallest absolute Gasteiger partial charge is 0.255 e. The fourth-order valence-electron chi connectivity index (χ4n) is 5.42. The molecule has 10 heteroatoms. The molecule has 182 valence electrons. The fraction of sp³-hybridized carbons (Fsp3) is 0.375. The first-order valence-electron chi connectivity index (χ1n) is 10.8. The fourth-order valence-corrected chi connectivity index (χ4v) is 8.26. The highest BCUT2D eigenvalue weighted by atomic mass is 35.5. The lowest BCUT2D eigenvalue weighted by Gasteiger charge is -2.40. The summed E-state index contributed by atoms with van der Waals surface area (Å²) in [4.78, 5) is 12.4. The zero-order chi connectivity index (χ0) is 24.8. The monoisotopic (exact) mass is 513 g/mol. The number of fused-ring (bicyclic) bond motifs is 2. The summed E-state index contributed by atoms with van der Waals surface area (Å²) in [5.41, 5.74) is -1.41. The summed E-state index contributed by atoms with van der Waals surface area (Å²) in [7, 11) is -3.96. The molecule has 0 heterocycles. The van der Waals surface area contributed by atoms with Gasteiger partial charge < -0.3 is 10.4 Å². The molecule has 0 spiro atoms. The molecule has 0 saturated heterocycles. The van der Waals surface area contributed by atoms with Crippen LogP contribution in [0.25, 0.3) is 0 Å². The molecule has 4 rings (SSSR count). The van der Waals surface area contributed by atoms with Crippen molar-refractivity contribution in [2.24, 2.45) is 11.8 Å². The number of carbonyl (C=O) groups is 1. The van der Waals surface area contributed by atoms with Gasteiger partial charge in [0.15, 0.2) is 27.3 Å². The molecule has 2 bridgehead atoms. The average molecular weight is 514 g/mol. The zero-order valence-corrected chi connectivity index (χ0v) is 19.6. The summed E-state index contributed by atoms with van der Waals surface area (Å²) in [6, 6.07) is 4.93. The standard InChI is InChI=1S/C24H23ClF3NO4S/c1-2-7-24(31)11-14-3-4-15(12-24)22(14)34(32,33)20-8-13(5-6-17(20)25)23(30)29-16-9-18(26)21(28)19(27)10-16/h2,5-6,8-10,14-15,22,31H,1,3-4,7,11-12H2,(H,29,30)/t14?,15?,22-,24+. The van der Waals surface area contributed by atoms with Crippen LogP contribution in [-0.2, 0) is 9.84 Å². The van der Waals surface area contributed by atoms with Crippen molar-refractivity contribution in [3.8, 4) is 0 Å². The van der Waals surface area contributed by atoms with Crippen molar-refractivity contribution in [2.45, 2.75) is 47.9 Å². The molecule has 0 aromatic heterocycles. The summed E-state index contributed by atoms with van der Waals surface area (Å²) >= 11 is 6.23. The summed E-state index contributed by atoms with van der Waals surface area (Å²) in [5.74, 6) is -5.97. The third-order valence-electron chi connectivity index (χ3n) is 6.75. The van der Waals surface area contributed by atoms with Crippen molar-refractivity contribution in [3.05, 3.63) is 71.0 Å². The number of benzene rings is 2. The quantitative estimate of drug-likeness (QED) is 0.406. The van der Waals surface area contributed by atoms with E-state index in [4.69, 9.17) is 11.6 Å². The Hall–Kier alpha value is -2.36. The number of halogens is 4. The van der Waals surface area contributed by atoms with Gasteiger partial charge in [0.1, 0.15) is 0 Å². The Labute approximate surface area is 200 Å². The highest BCUT2D eigenvalue weighted by Gasteiger charge is 2.53. The third kappa shape index (κ3) is 4.48. The largest absolute Gasteiger partial charge is 0.390 e. The van der Waals surface area contributed by atoms with Gasteiger partial charge >= 0.3 is 0 Å². The van der Waals surface area contributed by atoms with Crippen LogP contribution in [0.4, 0.5) is 18.9 Å². The first-order chi connectivity index (χ1) is 15.9. The molecule has 2 N–H and O–H groups in total. The van der Waals surface area contributed by atoms with E-state index in [-0.39, 0.29) is 33.0 Å². The molecule has 2 aromatic rings. The SMILES string of the molecule is C=CC[C@]1(O)CC2CCC(C1)[C@@H]2S(=O)(=O)c1cc(C(=O)Nc2cc(F)c(F)c(F)c2)ccc1Cl. The van der Waals surface area contributed by atoms with Crippen molar-refractivity contribution in [2.75, 3.05) is 5.32 Å². The number of hydrogen-bond donors (Lipinski definition) is 2. The lowest BCUT2D eigenvalue weighted by atomic mass is 9.75. The van der Waals surface area contributed by atoms with Crippen molar-refractivity contribution in [1.29, 1.82) is 0 Å². The molecule has 2 aliphatic carbocycles. The topological polar surface area (TPSA) is 83.5 Å². The van der Waals surface area contributed by atoms with Gasteiger partial charge in [-0.15, -0.1) is 6.58 Å². The Morgan fingerprint density at radius 3 is 2.29 bits per heavy atom. The minimum absolute atomic E-state index is 0.0539. The number of aliphatic hydroxyl groups is 1. The molecule has 5 nitrogen and oxygen atoms in total. The van der Waals surface area contributed by atoms with Gasteiger partial charge in [-0.3, -0.25) is 4.79 Å². The van der Waals surface area contributed by atoms with Gasteiger partial charge in [-0.25, -0.2) is 21.6 Å². The maximum absolute atomic E-state index is 13.6. The van der Waals surface area contributed by atoms with Crippen LogP contribution >= 0.6 is 11.6 Å². The van der Waals surface area contributed by atoms with Crippen LogP contribution in [0.5, 0.6) is 0 Å². The van der Waals surface area contributed by atoms with Crippen LogP contribution in [0.2, 0.25) is 5.02 Å². The molecule has 1 amide bonds. The van der Waals surface area contributed by atoms with E-state index >= 15 is 0 Å². The Balaban J connectivity index is 1.62. The third-order valence-corrected chi connectivity index (χ3v) is 9.62. The minimum Gasteiger partial charge on any atom is -0.390 e. The Morgan fingerprint density at radius 1 is 1.15 bits per heavy atom. The summed E-state index contributed by atoms with van der Waals surface area (Å²) in [5, 5.41) is 12.3. The first kappa shape index (κ1) is 24.8. The number of sulfone groups is 1. The summed E-state index contributed by atoms with van der Waals surface area (Å²) < 4.78 is 67.4. The van der Waals surface area contributed by atoms with Gasteiger partial charge in [-0.2, -0.15) is 0 Å². The van der Waals surface area contributed by atoms with Crippen LogP contribution in [0.15, 0.2) is 47.9 Å².